The average molecular weight is 312 g/mol. The summed E-state index contributed by atoms with van der Waals surface area (Å²) in [7, 11) is 1.31. The molecule has 7 heteroatoms. The van der Waals surface area contributed by atoms with E-state index in [2.05, 4.69) is 27.2 Å². The first kappa shape index (κ1) is 16.2. The summed E-state index contributed by atoms with van der Waals surface area (Å²) >= 11 is 0. The molecule has 1 heterocycles. The summed E-state index contributed by atoms with van der Waals surface area (Å²) in [5.74, 6) is -0.614. The van der Waals surface area contributed by atoms with Crippen LogP contribution in [0, 0.1) is 0 Å². The van der Waals surface area contributed by atoms with Crippen LogP contribution in [0.4, 0.5) is 11.6 Å². The van der Waals surface area contributed by atoms with Crippen LogP contribution in [-0.4, -0.2) is 35.5 Å². The molecule has 2 N–H and O–H groups in total. The number of amides is 1. The van der Waals surface area contributed by atoms with Gasteiger partial charge in [0.15, 0.2) is 0 Å². The number of methoxy groups -OCH3 is 1. The van der Waals surface area contributed by atoms with Crippen molar-refractivity contribution in [1.82, 2.24) is 15.3 Å². The number of nitrogens with one attached hydrogen (secondary N) is 2. The monoisotopic (exact) mass is 312 g/mol. The number of rotatable bonds is 6. The summed E-state index contributed by atoms with van der Waals surface area (Å²) in [5.41, 5.74) is 1.04. The van der Waals surface area contributed by atoms with Crippen molar-refractivity contribution in [3.63, 3.8) is 0 Å². The Morgan fingerprint density at radius 2 is 2.09 bits per heavy atom. The fourth-order valence-corrected chi connectivity index (χ4v) is 1.80. The minimum absolute atomic E-state index is 0.201. The Bertz CT molecular complexity index is 731. The minimum atomic E-state index is -0.479. The Morgan fingerprint density at radius 1 is 1.30 bits per heavy atom. The first-order valence-electron chi connectivity index (χ1n) is 6.82. The average Bonchev–Trinajstić information content (AvgIpc) is 2.59. The third-order valence-electron chi connectivity index (χ3n) is 2.87. The lowest BCUT2D eigenvalue weighted by Crippen LogP contribution is -2.24. The number of benzene rings is 1. The number of hydrogen-bond donors (Lipinski definition) is 2. The largest absolute Gasteiger partial charge is 0.465 e. The Balaban J connectivity index is 2.23. The third-order valence-corrected chi connectivity index (χ3v) is 2.87. The van der Waals surface area contributed by atoms with Crippen molar-refractivity contribution in [2.45, 2.75) is 0 Å². The Hall–Kier alpha value is -3.22. The second-order valence-corrected chi connectivity index (χ2v) is 4.43. The van der Waals surface area contributed by atoms with E-state index in [4.69, 9.17) is 4.74 Å². The number of nitrogens with zero attached hydrogens (tertiary/aromatic N) is 2. The van der Waals surface area contributed by atoms with E-state index in [0.717, 1.165) is 0 Å². The van der Waals surface area contributed by atoms with Gasteiger partial charge in [-0.15, -0.1) is 6.58 Å². The first-order valence-corrected chi connectivity index (χ1v) is 6.82. The molecule has 2 rings (SSSR count). The van der Waals surface area contributed by atoms with E-state index in [1.165, 1.54) is 19.4 Å². The third kappa shape index (κ3) is 4.13. The molecule has 1 amide bonds. The van der Waals surface area contributed by atoms with Crippen molar-refractivity contribution in [1.29, 1.82) is 0 Å². The molecule has 0 radical (unpaired) electrons. The lowest BCUT2D eigenvalue weighted by molar-refractivity contribution is 0.0601. The Kier molecular flexibility index (Phi) is 5.40. The van der Waals surface area contributed by atoms with Gasteiger partial charge in [-0.2, -0.15) is 0 Å². The van der Waals surface area contributed by atoms with Crippen LogP contribution in [0.5, 0.6) is 0 Å². The van der Waals surface area contributed by atoms with Crippen molar-refractivity contribution >= 4 is 23.5 Å². The predicted molar refractivity (Wildman–Crippen MR) is 85.6 cm³/mol. The fraction of sp³-hybridized carbons (Fsp3) is 0.125. The molecule has 0 aliphatic heterocycles. The smallest absolute Gasteiger partial charge is 0.339 e. The van der Waals surface area contributed by atoms with Crippen LogP contribution in [-0.2, 0) is 4.74 Å². The maximum Gasteiger partial charge on any atom is 0.339 e. The summed E-state index contributed by atoms with van der Waals surface area (Å²) in [6.45, 7) is 3.87. The molecule has 0 fully saturated rings. The van der Waals surface area contributed by atoms with Gasteiger partial charge in [-0.1, -0.05) is 18.2 Å². The highest BCUT2D eigenvalue weighted by atomic mass is 16.5. The molecule has 0 spiro atoms. The van der Waals surface area contributed by atoms with Crippen LogP contribution in [0.2, 0.25) is 0 Å². The molecule has 118 valence electrons. The van der Waals surface area contributed by atoms with Gasteiger partial charge in [-0.3, -0.25) is 4.79 Å². The van der Waals surface area contributed by atoms with Crippen LogP contribution in [0.25, 0.3) is 0 Å². The van der Waals surface area contributed by atoms with Gasteiger partial charge in [0.2, 0.25) is 5.95 Å². The molecule has 0 bridgehead atoms. The van der Waals surface area contributed by atoms with Gasteiger partial charge < -0.3 is 15.4 Å². The standard InChI is InChI=1S/C16H16N4O3/c1-3-9-17-14(21)13-8-10-18-16(20-13)19-12-7-5-4-6-11(12)15(22)23-2/h3-8,10H,1,9H2,2H3,(H,17,21)(H,18,19,20). The predicted octanol–water partition coefficient (Wildman–Crippen LogP) is 1.92. The summed E-state index contributed by atoms with van der Waals surface area (Å²) in [6, 6.07) is 8.29. The Morgan fingerprint density at radius 3 is 2.83 bits per heavy atom. The topological polar surface area (TPSA) is 93.2 Å². The molecule has 23 heavy (non-hydrogen) atoms. The molecule has 1 aromatic carbocycles. The molecular formula is C16H16N4O3. The molecule has 0 aliphatic rings. The van der Waals surface area contributed by atoms with Crippen LogP contribution >= 0.6 is 0 Å². The first-order chi connectivity index (χ1) is 11.2. The van der Waals surface area contributed by atoms with E-state index >= 15 is 0 Å². The lowest BCUT2D eigenvalue weighted by atomic mass is 10.2. The van der Waals surface area contributed by atoms with Crippen LogP contribution < -0.4 is 10.6 Å². The van der Waals surface area contributed by atoms with E-state index in [9.17, 15) is 9.59 Å². The van der Waals surface area contributed by atoms with Crippen LogP contribution in [0.15, 0.2) is 49.2 Å². The number of ether oxygens (including phenoxy) is 1. The second kappa shape index (κ2) is 7.69. The van der Waals surface area contributed by atoms with Crippen molar-refractivity contribution in [3.05, 3.63) is 60.4 Å². The molecule has 0 saturated carbocycles. The van der Waals surface area contributed by atoms with Gasteiger partial charge >= 0.3 is 5.97 Å². The normalized spacial score (nSPS) is 9.78. The van der Waals surface area contributed by atoms with E-state index in [1.54, 1.807) is 30.3 Å². The zero-order valence-corrected chi connectivity index (χ0v) is 12.6. The highest BCUT2D eigenvalue weighted by molar-refractivity contribution is 5.96. The second-order valence-electron chi connectivity index (χ2n) is 4.43. The molecule has 0 aliphatic carbocycles. The van der Waals surface area contributed by atoms with E-state index < -0.39 is 5.97 Å². The quantitative estimate of drug-likeness (QED) is 0.625. The van der Waals surface area contributed by atoms with Crippen molar-refractivity contribution < 1.29 is 14.3 Å². The zero-order valence-electron chi connectivity index (χ0n) is 12.6. The van der Waals surface area contributed by atoms with Gasteiger partial charge in [0.1, 0.15) is 5.69 Å². The summed E-state index contributed by atoms with van der Waals surface area (Å²) in [4.78, 5) is 31.8. The molecule has 0 unspecified atom stereocenters. The lowest BCUT2D eigenvalue weighted by Gasteiger charge is -2.10. The number of esters is 1. The van der Waals surface area contributed by atoms with E-state index in [0.29, 0.717) is 17.8 Å². The fourth-order valence-electron chi connectivity index (χ4n) is 1.80. The molecule has 1 aromatic heterocycles. The van der Waals surface area contributed by atoms with E-state index in [1.807, 2.05) is 0 Å². The van der Waals surface area contributed by atoms with Crippen molar-refractivity contribution in [2.24, 2.45) is 0 Å². The number of para-hydroxylation sites is 1. The van der Waals surface area contributed by atoms with E-state index in [-0.39, 0.29) is 17.5 Å². The maximum atomic E-state index is 11.9. The van der Waals surface area contributed by atoms with Crippen molar-refractivity contribution in [2.75, 3.05) is 19.0 Å². The van der Waals surface area contributed by atoms with Crippen LogP contribution in [0.1, 0.15) is 20.8 Å². The SMILES string of the molecule is C=CCNC(=O)c1ccnc(Nc2ccccc2C(=O)OC)n1. The Labute approximate surface area is 133 Å². The number of hydrogen-bond acceptors (Lipinski definition) is 6. The molecule has 2 aromatic rings. The van der Waals surface area contributed by atoms with Gasteiger partial charge in [0.25, 0.3) is 5.91 Å². The number of carbonyl (C=O) groups excluding carboxylic acids is 2. The molecular weight excluding hydrogens is 296 g/mol. The minimum Gasteiger partial charge on any atom is -0.465 e. The van der Waals surface area contributed by atoms with Gasteiger partial charge in [0, 0.05) is 12.7 Å². The van der Waals surface area contributed by atoms with Crippen LogP contribution in [0.3, 0.4) is 0 Å². The van der Waals surface area contributed by atoms with Gasteiger partial charge in [0.05, 0.1) is 18.4 Å². The number of anilines is 2. The zero-order chi connectivity index (χ0) is 16.7. The van der Waals surface area contributed by atoms with Gasteiger partial charge in [-0.25, -0.2) is 14.8 Å². The van der Waals surface area contributed by atoms with Crippen molar-refractivity contribution in [3.8, 4) is 0 Å². The summed E-state index contributed by atoms with van der Waals surface area (Å²) in [6.07, 6.45) is 3.03. The summed E-state index contributed by atoms with van der Waals surface area (Å²) in [5, 5.41) is 5.55. The maximum absolute atomic E-state index is 11.9. The molecule has 7 nitrogen and oxygen atoms in total. The molecule has 0 atom stereocenters. The molecule has 0 saturated heterocycles. The number of carbonyl (C=O) groups is 2. The van der Waals surface area contributed by atoms with Gasteiger partial charge in [-0.05, 0) is 18.2 Å². The summed E-state index contributed by atoms with van der Waals surface area (Å²) < 4.78 is 4.73. The highest BCUT2D eigenvalue weighted by Crippen LogP contribution is 2.19. The highest BCUT2D eigenvalue weighted by Gasteiger charge is 2.13. The number of aromatic nitrogens is 2.